The Hall–Kier alpha value is -1.29. The van der Waals surface area contributed by atoms with Gasteiger partial charge in [0, 0.05) is 23.6 Å². The van der Waals surface area contributed by atoms with E-state index in [1.54, 1.807) is 0 Å². The first-order valence-corrected chi connectivity index (χ1v) is 6.29. The van der Waals surface area contributed by atoms with Gasteiger partial charge in [0.05, 0.1) is 0 Å². The predicted molar refractivity (Wildman–Crippen MR) is 65.5 cm³/mol. The Morgan fingerprint density at radius 2 is 2.00 bits per heavy atom. The molecule has 0 aromatic heterocycles. The van der Waals surface area contributed by atoms with E-state index in [2.05, 4.69) is 5.32 Å². The van der Waals surface area contributed by atoms with Gasteiger partial charge >= 0.3 is 0 Å². The van der Waals surface area contributed by atoms with E-state index >= 15 is 0 Å². The van der Waals surface area contributed by atoms with Crippen molar-refractivity contribution < 1.29 is 13.6 Å². The molecule has 1 fully saturated rings. The summed E-state index contributed by atoms with van der Waals surface area (Å²) in [5, 5.41) is 3.17. The largest absolute Gasteiger partial charge is 0.316 e. The van der Waals surface area contributed by atoms with E-state index in [1.165, 1.54) is 0 Å². The second-order valence-corrected chi connectivity index (χ2v) is 4.94. The van der Waals surface area contributed by atoms with Crippen molar-refractivity contribution >= 4 is 5.78 Å². The van der Waals surface area contributed by atoms with Crippen LogP contribution in [0.25, 0.3) is 0 Å². The van der Waals surface area contributed by atoms with Crippen LogP contribution in [0.3, 0.4) is 0 Å². The normalized spacial score (nSPS) is 23.3. The second-order valence-electron chi connectivity index (χ2n) is 4.94. The van der Waals surface area contributed by atoms with Gasteiger partial charge < -0.3 is 5.32 Å². The van der Waals surface area contributed by atoms with Gasteiger partial charge in [-0.15, -0.1) is 0 Å². The molecule has 98 valence electrons. The molecule has 0 amide bonds. The smallest absolute Gasteiger partial charge is 0.170 e. The van der Waals surface area contributed by atoms with Crippen molar-refractivity contribution in [2.75, 3.05) is 13.1 Å². The van der Waals surface area contributed by atoms with Crippen LogP contribution in [0.15, 0.2) is 18.2 Å². The van der Waals surface area contributed by atoms with Crippen molar-refractivity contribution in [1.29, 1.82) is 0 Å². The highest BCUT2D eigenvalue weighted by Gasteiger charge is 2.40. The van der Waals surface area contributed by atoms with Crippen LogP contribution in [0.5, 0.6) is 0 Å². The highest BCUT2D eigenvalue weighted by atomic mass is 19.1. The lowest BCUT2D eigenvalue weighted by atomic mass is 9.76. The standard InChI is InChI=1S/C14H17F2NO/c1-2-3-14(4-5-17-9-14)13(18)10-6-11(15)8-12(16)7-10/h6-8,17H,2-5,9H2,1H3. The number of ketones is 1. The lowest BCUT2D eigenvalue weighted by Gasteiger charge is -2.26. The second kappa shape index (κ2) is 5.14. The third-order valence-corrected chi connectivity index (χ3v) is 3.58. The van der Waals surface area contributed by atoms with Gasteiger partial charge in [0.15, 0.2) is 5.78 Å². The van der Waals surface area contributed by atoms with Gasteiger partial charge in [-0.05, 0) is 31.5 Å². The van der Waals surface area contributed by atoms with Crippen molar-refractivity contribution in [3.63, 3.8) is 0 Å². The van der Waals surface area contributed by atoms with E-state index in [9.17, 15) is 13.6 Å². The van der Waals surface area contributed by atoms with Gasteiger partial charge in [-0.1, -0.05) is 13.3 Å². The maximum absolute atomic E-state index is 13.2. The van der Waals surface area contributed by atoms with E-state index in [-0.39, 0.29) is 11.3 Å². The van der Waals surface area contributed by atoms with Crippen molar-refractivity contribution in [3.8, 4) is 0 Å². The van der Waals surface area contributed by atoms with E-state index in [0.29, 0.717) is 6.54 Å². The maximum atomic E-state index is 13.2. The summed E-state index contributed by atoms with van der Waals surface area (Å²) in [4.78, 5) is 12.5. The molecule has 0 saturated carbocycles. The van der Waals surface area contributed by atoms with Crippen LogP contribution in [0.1, 0.15) is 36.5 Å². The van der Waals surface area contributed by atoms with Gasteiger partial charge in [0.2, 0.25) is 0 Å². The highest BCUT2D eigenvalue weighted by molar-refractivity contribution is 6.01. The molecule has 2 rings (SSSR count). The van der Waals surface area contributed by atoms with Crippen LogP contribution in [-0.2, 0) is 0 Å². The summed E-state index contributed by atoms with van der Waals surface area (Å²) in [6.45, 7) is 3.39. The minimum atomic E-state index is -0.698. The Bertz CT molecular complexity index is 433. The molecule has 1 aliphatic rings. The van der Waals surface area contributed by atoms with Gasteiger partial charge in [0.25, 0.3) is 0 Å². The van der Waals surface area contributed by atoms with E-state index < -0.39 is 17.0 Å². The van der Waals surface area contributed by atoms with Crippen molar-refractivity contribution in [1.82, 2.24) is 5.32 Å². The third kappa shape index (κ3) is 2.43. The fraction of sp³-hybridized carbons (Fsp3) is 0.500. The summed E-state index contributed by atoms with van der Waals surface area (Å²) < 4.78 is 26.4. The molecular weight excluding hydrogens is 236 g/mol. The summed E-state index contributed by atoms with van der Waals surface area (Å²) >= 11 is 0. The predicted octanol–water partition coefficient (Wildman–Crippen LogP) is 2.93. The van der Waals surface area contributed by atoms with Crippen LogP contribution in [0, 0.1) is 17.0 Å². The van der Waals surface area contributed by atoms with Crippen LogP contribution in [0.4, 0.5) is 8.78 Å². The molecule has 18 heavy (non-hydrogen) atoms. The molecule has 1 atom stereocenters. The summed E-state index contributed by atoms with van der Waals surface area (Å²) in [5.41, 5.74) is -0.348. The Balaban J connectivity index is 2.33. The summed E-state index contributed by atoms with van der Waals surface area (Å²) in [7, 11) is 0. The number of rotatable bonds is 4. The molecule has 1 aliphatic heterocycles. The number of hydrogen-bond donors (Lipinski definition) is 1. The van der Waals surface area contributed by atoms with Crippen LogP contribution in [0.2, 0.25) is 0 Å². The van der Waals surface area contributed by atoms with Crippen LogP contribution < -0.4 is 5.32 Å². The quantitative estimate of drug-likeness (QED) is 0.836. The Kier molecular flexibility index (Phi) is 3.76. The summed E-state index contributed by atoms with van der Waals surface area (Å²) in [6.07, 6.45) is 2.36. The van der Waals surface area contributed by atoms with Crippen LogP contribution >= 0.6 is 0 Å². The van der Waals surface area contributed by atoms with E-state index in [0.717, 1.165) is 44.0 Å². The Morgan fingerprint density at radius 3 is 2.50 bits per heavy atom. The maximum Gasteiger partial charge on any atom is 0.170 e. The van der Waals surface area contributed by atoms with Gasteiger partial charge in [-0.25, -0.2) is 8.78 Å². The third-order valence-electron chi connectivity index (χ3n) is 3.58. The number of hydrogen-bond acceptors (Lipinski definition) is 2. The first kappa shape index (κ1) is 13.1. The lowest BCUT2D eigenvalue weighted by Crippen LogP contribution is -2.33. The molecular formula is C14H17F2NO. The first-order chi connectivity index (χ1) is 8.57. The number of benzene rings is 1. The molecule has 0 spiro atoms. The Labute approximate surface area is 105 Å². The van der Waals surface area contributed by atoms with Gasteiger partial charge in [-0.3, -0.25) is 4.79 Å². The number of halogens is 2. The highest BCUT2D eigenvalue weighted by Crippen LogP contribution is 2.35. The van der Waals surface area contributed by atoms with Gasteiger partial charge in [0.1, 0.15) is 11.6 Å². The number of carbonyl (C=O) groups is 1. The van der Waals surface area contributed by atoms with Crippen molar-refractivity contribution in [2.24, 2.45) is 5.41 Å². The summed E-state index contributed by atoms with van der Waals surface area (Å²) in [6, 6.07) is 3.04. The molecule has 4 heteroatoms. The summed E-state index contributed by atoms with van der Waals surface area (Å²) in [5.74, 6) is -1.54. The fourth-order valence-corrected chi connectivity index (χ4v) is 2.73. The van der Waals surface area contributed by atoms with Crippen LogP contribution in [-0.4, -0.2) is 18.9 Å². The molecule has 1 unspecified atom stereocenters. The number of Topliss-reactive ketones (excluding diaryl/α,β-unsaturated/α-hetero) is 1. The molecule has 2 nitrogen and oxygen atoms in total. The van der Waals surface area contributed by atoms with Gasteiger partial charge in [-0.2, -0.15) is 0 Å². The van der Waals surface area contributed by atoms with E-state index in [1.807, 2.05) is 6.92 Å². The minimum Gasteiger partial charge on any atom is -0.316 e. The molecule has 1 saturated heterocycles. The number of nitrogens with one attached hydrogen (secondary N) is 1. The SMILES string of the molecule is CCCC1(C(=O)c2cc(F)cc(F)c2)CCNC1. The zero-order valence-corrected chi connectivity index (χ0v) is 10.4. The first-order valence-electron chi connectivity index (χ1n) is 6.29. The monoisotopic (exact) mass is 253 g/mol. The van der Waals surface area contributed by atoms with Crippen molar-refractivity contribution in [3.05, 3.63) is 35.4 Å². The molecule has 1 heterocycles. The fourth-order valence-electron chi connectivity index (χ4n) is 2.73. The van der Waals surface area contributed by atoms with Crippen molar-refractivity contribution in [2.45, 2.75) is 26.2 Å². The minimum absolute atomic E-state index is 0.143. The number of carbonyl (C=O) groups excluding carboxylic acids is 1. The zero-order valence-electron chi connectivity index (χ0n) is 10.4. The molecule has 0 aliphatic carbocycles. The topological polar surface area (TPSA) is 29.1 Å². The van der Waals surface area contributed by atoms with E-state index in [4.69, 9.17) is 0 Å². The molecule has 1 aromatic rings. The zero-order chi connectivity index (χ0) is 13.2. The molecule has 1 N–H and O–H groups in total. The molecule has 0 bridgehead atoms. The molecule has 0 radical (unpaired) electrons. The lowest BCUT2D eigenvalue weighted by molar-refractivity contribution is 0.0801. The average molecular weight is 253 g/mol. The average Bonchev–Trinajstić information content (AvgIpc) is 2.77. The Morgan fingerprint density at radius 1 is 1.33 bits per heavy atom. The molecule has 1 aromatic carbocycles.